The second kappa shape index (κ2) is 1.60. The van der Waals surface area contributed by atoms with Crippen molar-refractivity contribution in [1.29, 1.82) is 5.41 Å². The van der Waals surface area contributed by atoms with Crippen molar-refractivity contribution in [3.8, 4) is 0 Å². The molecule has 0 bridgehead atoms. The third-order valence-corrected chi connectivity index (χ3v) is 1.35. The number of nitrogens with zero attached hydrogens (tertiary/aromatic N) is 1. The Morgan fingerprint density at radius 1 is 1.78 bits per heavy atom. The molecule has 0 aliphatic carbocycles. The van der Waals surface area contributed by atoms with Gasteiger partial charge in [-0.2, -0.15) is 0 Å². The lowest BCUT2D eigenvalue weighted by Crippen LogP contribution is -2.63. The SMILES string of the molecule is CC1(O)CN(C(=N)[O-])C1. The average molecular weight is 129 g/mol. The Morgan fingerprint density at radius 3 is 2.33 bits per heavy atom. The Bertz CT molecular complexity index is 136. The van der Waals surface area contributed by atoms with Crippen LogP contribution in [0.25, 0.3) is 0 Å². The molecule has 9 heavy (non-hydrogen) atoms. The van der Waals surface area contributed by atoms with Gasteiger partial charge in [0.15, 0.2) is 0 Å². The fraction of sp³-hybridized carbons (Fsp3) is 0.800. The van der Waals surface area contributed by atoms with Crippen molar-refractivity contribution < 1.29 is 10.2 Å². The normalized spacial score (nSPS) is 23.1. The van der Waals surface area contributed by atoms with E-state index in [4.69, 9.17) is 10.5 Å². The summed E-state index contributed by atoms with van der Waals surface area (Å²) in [6.07, 6.45) is 0. The van der Waals surface area contributed by atoms with Crippen LogP contribution in [0.15, 0.2) is 0 Å². The number of likely N-dealkylation sites (tertiary alicyclic amines) is 1. The predicted octanol–water partition coefficient (Wildman–Crippen LogP) is -1.65. The smallest absolute Gasteiger partial charge is 0.0967 e. The van der Waals surface area contributed by atoms with E-state index < -0.39 is 11.6 Å². The van der Waals surface area contributed by atoms with E-state index in [0.717, 1.165) is 0 Å². The van der Waals surface area contributed by atoms with Crippen molar-refractivity contribution in [2.45, 2.75) is 12.5 Å². The minimum atomic E-state index is -0.739. The lowest BCUT2D eigenvalue weighted by atomic mass is 9.98. The molecule has 52 valence electrons. The largest absolute Gasteiger partial charge is 0.846 e. The average Bonchev–Trinajstić information content (AvgIpc) is 1.59. The van der Waals surface area contributed by atoms with E-state index >= 15 is 0 Å². The summed E-state index contributed by atoms with van der Waals surface area (Å²) < 4.78 is 0. The maximum absolute atomic E-state index is 10.2. The molecule has 1 fully saturated rings. The maximum atomic E-state index is 10.2. The second-order valence-corrected chi connectivity index (χ2v) is 2.66. The Hall–Kier alpha value is -0.770. The number of aliphatic hydroxyl groups is 1. The first-order chi connectivity index (χ1) is 4.01. The van der Waals surface area contributed by atoms with Gasteiger partial charge in [0, 0.05) is 19.1 Å². The predicted molar refractivity (Wildman–Crippen MR) is 29.9 cm³/mol. The summed E-state index contributed by atoms with van der Waals surface area (Å²) in [5.74, 6) is 0. The highest BCUT2D eigenvalue weighted by molar-refractivity contribution is 5.66. The van der Waals surface area contributed by atoms with Gasteiger partial charge in [-0.25, -0.2) is 0 Å². The highest BCUT2D eigenvalue weighted by atomic mass is 16.3. The van der Waals surface area contributed by atoms with Gasteiger partial charge in [-0.1, -0.05) is 0 Å². The molecule has 0 unspecified atom stereocenters. The zero-order valence-electron chi connectivity index (χ0n) is 5.22. The van der Waals surface area contributed by atoms with Gasteiger partial charge in [-0.15, -0.1) is 0 Å². The van der Waals surface area contributed by atoms with E-state index in [2.05, 4.69) is 0 Å². The zero-order valence-corrected chi connectivity index (χ0v) is 5.22. The first-order valence-corrected chi connectivity index (χ1v) is 2.74. The van der Waals surface area contributed by atoms with Crippen LogP contribution >= 0.6 is 0 Å². The summed E-state index contributed by atoms with van der Waals surface area (Å²) >= 11 is 0. The fourth-order valence-corrected chi connectivity index (χ4v) is 0.920. The first kappa shape index (κ1) is 6.35. The Morgan fingerprint density at radius 2 is 2.22 bits per heavy atom. The molecule has 4 heteroatoms. The van der Waals surface area contributed by atoms with Gasteiger partial charge in [0.2, 0.25) is 0 Å². The van der Waals surface area contributed by atoms with Gasteiger partial charge in [0.05, 0.1) is 5.60 Å². The lowest BCUT2D eigenvalue weighted by Gasteiger charge is -2.47. The van der Waals surface area contributed by atoms with E-state index in [1.807, 2.05) is 0 Å². The van der Waals surface area contributed by atoms with E-state index in [1.165, 1.54) is 4.90 Å². The number of hydrogen-bond donors (Lipinski definition) is 2. The fourth-order valence-electron chi connectivity index (χ4n) is 0.920. The molecule has 0 amide bonds. The van der Waals surface area contributed by atoms with Crippen molar-refractivity contribution in [1.82, 2.24) is 4.90 Å². The van der Waals surface area contributed by atoms with E-state index in [-0.39, 0.29) is 0 Å². The van der Waals surface area contributed by atoms with Crippen LogP contribution in [0, 0.1) is 5.41 Å². The topological polar surface area (TPSA) is 70.4 Å². The summed E-state index contributed by atoms with van der Waals surface area (Å²) in [4.78, 5) is 1.28. The molecular weight excluding hydrogens is 120 g/mol. The monoisotopic (exact) mass is 129 g/mol. The Balaban J connectivity index is 2.35. The van der Waals surface area contributed by atoms with Crippen LogP contribution in [0.4, 0.5) is 0 Å². The van der Waals surface area contributed by atoms with Gasteiger partial charge < -0.3 is 15.1 Å². The van der Waals surface area contributed by atoms with Crippen molar-refractivity contribution in [3.63, 3.8) is 0 Å². The number of nitrogens with one attached hydrogen (secondary N) is 1. The summed E-state index contributed by atoms with van der Waals surface area (Å²) in [7, 11) is 0. The van der Waals surface area contributed by atoms with Gasteiger partial charge in [0.25, 0.3) is 0 Å². The van der Waals surface area contributed by atoms with Gasteiger partial charge in [0.1, 0.15) is 0 Å². The summed E-state index contributed by atoms with van der Waals surface area (Å²) in [6, 6.07) is -0.707. The third-order valence-electron chi connectivity index (χ3n) is 1.35. The maximum Gasteiger partial charge on any atom is 0.0967 e. The number of β-amino-alcohol motifs (C(OH)–C–C–N with tert-alkyl or cyclic N) is 1. The molecule has 4 nitrogen and oxygen atoms in total. The zero-order chi connectivity index (χ0) is 7.07. The van der Waals surface area contributed by atoms with Crippen LogP contribution in [0.1, 0.15) is 6.92 Å². The Kier molecular flexibility index (Phi) is 1.13. The molecule has 1 saturated heterocycles. The van der Waals surface area contributed by atoms with Crippen LogP contribution in [-0.2, 0) is 0 Å². The molecule has 0 aromatic heterocycles. The van der Waals surface area contributed by atoms with Gasteiger partial charge >= 0.3 is 0 Å². The molecule has 1 aliphatic heterocycles. The molecule has 2 N–H and O–H groups in total. The summed E-state index contributed by atoms with van der Waals surface area (Å²) in [6.45, 7) is 2.25. The number of amidine groups is 1. The van der Waals surface area contributed by atoms with Crippen LogP contribution < -0.4 is 5.11 Å². The summed E-state index contributed by atoms with van der Waals surface area (Å²) in [5, 5.41) is 25.8. The molecule has 0 atom stereocenters. The van der Waals surface area contributed by atoms with Crippen LogP contribution in [0.5, 0.6) is 0 Å². The van der Waals surface area contributed by atoms with E-state index in [9.17, 15) is 5.11 Å². The van der Waals surface area contributed by atoms with E-state index in [0.29, 0.717) is 13.1 Å². The molecule has 1 aliphatic rings. The van der Waals surface area contributed by atoms with Crippen LogP contribution in [0.2, 0.25) is 0 Å². The molecule has 0 aromatic carbocycles. The molecule has 1 rings (SSSR count). The van der Waals surface area contributed by atoms with Crippen LogP contribution in [0.3, 0.4) is 0 Å². The molecule has 0 aromatic rings. The molecule has 0 spiro atoms. The van der Waals surface area contributed by atoms with E-state index in [1.54, 1.807) is 6.92 Å². The molecule has 0 saturated carbocycles. The van der Waals surface area contributed by atoms with Crippen molar-refractivity contribution in [2.24, 2.45) is 0 Å². The number of hydrogen-bond acceptors (Lipinski definition) is 3. The second-order valence-electron chi connectivity index (χ2n) is 2.66. The molecule has 0 radical (unpaired) electrons. The lowest BCUT2D eigenvalue weighted by molar-refractivity contribution is -0.250. The quantitative estimate of drug-likeness (QED) is 0.304. The number of rotatable bonds is 0. The van der Waals surface area contributed by atoms with Crippen molar-refractivity contribution in [3.05, 3.63) is 0 Å². The minimum absolute atomic E-state index is 0.301. The van der Waals surface area contributed by atoms with Crippen LogP contribution in [-0.4, -0.2) is 34.7 Å². The highest BCUT2D eigenvalue weighted by Gasteiger charge is 2.35. The molecular formula is C5H9N2O2-. The summed E-state index contributed by atoms with van der Waals surface area (Å²) in [5.41, 5.74) is -0.739. The Labute approximate surface area is 53.2 Å². The minimum Gasteiger partial charge on any atom is -0.846 e. The highest BCUT2D eigenvalue weighted by Crippen LogP contribution is 2.17. The van der Waals surface area contributed by atoms with Crippen molar-refractivity contribution >= 4 is 6.02 Å². The van der Waals surface area contributed by atoms with Crippen molar-refractivity contribution in [2.75, 3.05) is 13.1 Å². The standard InChI is InChI=1S/C5H10N2O2/c1-5(9)2-7(3-5)4(6)8/h9H,2-3H2,1H3,(H2,6,8)/p-1. The van der Waals surface area contributed by atoms with Gasteiger partial charge in [-0.05, 0) is 6.92 Å². The molecule has 1 heterocycles. The third kappa shape index (κ3) is 1.13. The first-order valence-electron chi connectivity index (χ1n) is 2.74. The van der Waals surface area contributed by atoms with Gasteiger partial charge in [-0.3, -0.25) is 5.41 Å².